The van der Waals surface area contributed by atoms with Crippen molar-refractivity contribution in [3.05, 3.63) is 71.3 Å². The molecule has 0 aliphatic carbocycles. The lowest BCUT2D eigenvalue weighted by molar-refractivity contribution is -0.115. The van der Waals surface area contributed by atoms with Crippen LogP contribution in [0.4, 0.5) is 11.5 Å². The summed E-state index contributed by atoms with van der Waals surface area (Å²) in [4.78, 5) is 26.0. The summed E-state index contributed by atoms with van der Waals surface area (Å²) in [6.07, 6.45) is 6.60. The first kappa shape index (κ1) is 22.4. The first-order chi connectivity index (χ1) is 15.9. The summed E-state index contributed by atoms with van der Waals surface area (Å²) in [7, 11) is 0. The van der Waals surface area contributed by atoms with Crippen molar-refractivity contribution in [1.82, 2.24) is 24.7 Å². The number of nitrogens with one attached hydrogen (secondary N) is 2. The summed E-state index contributed by atoms with van der Waals surface area (Å²) in [5, 5.41) is 10.8. The van der Waals surface area contributed by atoms with Crippen molar-refractivity contribution in [3.63, 3.8) is 0 Å². The SMILES string of the molecule is CCc1ccc(CC(=O)Nc2ccc(C)c([C@H](C)Nc3cnc4cn(CC)nc4n3)c2)nc1. The van der Waals surface area contributed by atoms with Gasteiger partial charge in [-0.15, -0.1) is 0 Å². The van der Waals surface area contributed by atoms with E-state index in [0.29, 0.717) is 11.5 Å². The summed E-state index contributed by atoms with van der Waals surface area (Å²) in [5.74, 6) is 0.566. The summed E-state index contributed by atoms with van der Waals surface area (Å²) >= 11 is 0. The van der Waals surface area contributed by atoms with E-state index in [-0.39, 0.29) is 18.4 Å². The maximum absolute atomic E-state index is 12.6. The quantitative estimate of drug-likeness (QED) is 0.417. The number of benzene rings is 1. The van der Waals surface area contributed by atoms with Crippen LogP contribution in [-0.4, -0.2) is 30.6 Å². The Labute approximate surface area is 193 Å². The van der Waals surface area contributed by atoms with Crippen molar-refractivity contribution >= 4 is 28.6 Å². The number of nitrogens with zero attached hydrogens (tertiary/aromatic N) is 5. The molecule has 0 aliphatic heterocycles. The minimum Gasteiger partial charge on any atom is -0.362 e. The van der Waals surface area contributed by atoms with Gasteiger partial charge in [0.05, 0.1) is 24.9 Å². The number of pyridine rings is 1. The number of hydrogen-bond acceptors (Lipinski definition) is 6. The van der Waals surface area contributed by atoms with Crippen LogP contribution in [0.1, 0.15) is 49.2 Å². The lowest BCUT2D eigenvalue weighted by Gasteiger charge is -2.18. The Balaban J connectivity index is 1.45. The molecule has 0 saturated carbocycles. The minimum absolute atomic E-state index is 0.0369. The van der Waals surface area contributed by atoms with Crippen molar-refractivity contribution in [2.75, 3.05) is 10.6 Å². The largest absolute Gasteiger partial charge is 0.362 e. The van der Waals surface area contributed by atoms with Crippen LogP contribution in [0, 0.1) is 6.92 Å². The molecule has 0 unspecified atom stereocenters. The molecule has 0 aliphatic rings. The van der Waals surface area contributed by atoms with Crippen molar-refractivity contribution in [2.24, 2.45) is 0 Å². The first-order valence-corrected chi connectivity index (χ1v) is 11.3. The second-order valence-corrected chi connectivity index (χ2v) is 8.12. The maximum atomic E-state index is 12.6. The molecule has 1 amide bonds. The zero-order valence-electron chi connectivity index (χ0n) is 19.5. The highest BCUT2D eigenvalue weighted by atomic mass is 16.1. The molecule has 4 aromatic rings. The van der Waals surface area contributed by atoms with E-state index in [0.717, 1.165) is 46.6 Å². The van der Waals surface area contributed by atoms with Gasteiger partial charge in [-0.2, -0.15) is 5.10 Å². The number of fused-ring (bicyclic) bond motifs is 1. The van der Waals surface area contributed by atoms with Crippen LogP contribution in [0.3, 0.4) is 0 Å². The predicted molar refractivity (Wildman–Crippen MR) is 130 cm³/mol. The van der Waals surface area contributed by atoms with Gasteiger partial charge in [0.1, 0.15) is 11.3 Å². The second-order valence-electron chi connectivity index (χ2n) is 8.12. The number of amides is 1. The molecule has 2 N–H and O–H groups in total. The number of carbonyl (C=O) groups is 1. The van der Waals surface area contributed by atoms with E-state index < -0.39 is 0 Å². The lowest BCUT2D eigenvalue weighted by atomic mass is 10.0. The van der Waals surface area contributed by atoms with Gasteiger partial charge in [0.15, 0.2) is 0 Å². The third kappa shape index (κ3) is 5.34. The molecule has 4 rings (SSSR count). The lowest BCUT2D eigenvalue weighted by Crippen LogP contribution is -2.16. The molecule has 8 nitrogen and oxygen atoms in total. The third-order valence-corrected chi connectivity index (χ3v) is 5.63. The summed E-state index contributed by atoms with van der Waals surface area (Å²) in [6.45, 7) is 8.99. The Morgan fingerprint density at radius 2 is 1.97 bits per heavy atom. The predicted octanol–water partition coefficient (Wildman–Crippen LogP) is 4.47. The van der Waals surface area contributed by atoms with Crippen molar-refractivity contribution in [1.29, 1.82) is 0 Å². The Hall–Kier alpha value is -3.81. The highest BCUT2D eigenvalue weighted by Gasteiger charge is 2.13. The average Bonchev–Trinajstić information content (AvgIpc) is 3.23. The van der Waals surface area contributed by atoms with Gasteiger partial charge in [0.25, 0.3) is 0 Å². The molecule has 0 radical (unpaired) electrons. The van der Waals surface area contributed by atoms with E-state index in [1.165, 1.54) is 0 Å². The minimum atomic E-state index is -0.0926. The molecule has 0 fully saturated rings. The van der Waals surface area contributed by atoms with Gasteiger partial charge in [-0.1, -0.05) is 19.1 Å². The number of aryl methyl sites for hydroxylation is 3. The fourth-order valence-electron chi connectivity index (χ4n) is 3.70. The molecule has 0 saturated heterocycles. The molecule has 170 valence electrons. The number of hydrogen-bond donors (Lipinski definition) is 2. The van der Waals surface area contributed by atoms with E-state index in [2.05, 4.69) is 51.5 Å². The highest BCUT2D eigenvalue weighted by molar-refractivity contribution is 5.92. The molecule has 1 atom stereocenters. The summed E-state index contributed by atoms with van der Waals surface area (Å²) < 4.78 is 1.82. The Kier molecular flexibility index (Phi) is 6.63. The van der Waals surface area contributed by atoms with Gasteiger partial charge in [-0.25, -0.2) is 9.97 Å². The van der Waals surface area contributed by atoms with Gasteiger partial charge < -0.3 is 10.6 Å². The summed E-state index contributed by atoms with van der Waals surface area (Å²) in [5.41, 5.74) is 6.25. The van der Waals surface area contributed by atoms with Crippen LogP contribution in [0.5, 0.6) is 0 Å². The molecule has 3 aromatic heterocycles. The topological polar surface area (TPSA) is 97.6 Å². The molecule has 0 bridgehead atoms. The molecule has 0 spiro atoms. The summed E-state index contributed by atoms with van der Waals surface area (Å²) in [6, 6.07) is 9.81. The second kappa shape index (κ2) is 9.77. The van der Waals surface area contributed by atoms with Gasteiger partial charge >= 0.3 is 0 Å². The van der Waals surface area contributed by atoms with Gasteiger partial charge in [0.2, 0.25) is 11.6 Å². The first-order valence-electron chi connectivity index (χ1n) is 11.3. The average molecular weight is 444 g/mol. The van der Waals surface area contributed by atoms with Crippen LogP contribution in [-0.2, 0) is 24.2 Å². The fraction of sp³-hybridized carbons (Fsp3) is 0.320. The molecule has 33 heavy (non-hydrogen) atoms. The third-order valence-electron chi connectivity index (χ3n) is 5.63. The normalized spacial score (nSPS) is 12.0. The molecular weight excluding hydrogens is 414 g/mol. The standard InChI is InChI=1S/C25H29N7O/c1-5-18-8-10-19(26-13-18)12-24(33)29-20-9-7-16(3)21(11-20)17(4)28-23-14-27-22-15-32(6-2)31-25(22)30-23/h7-11,13-15,17H,5-6,12H2,1-4H3,(H,29,33)(H,28,30,31)/t17-/m0/s1. The van der Waals surface area contributed by atoms with Crippen molar-refractivity contribution in [2.45, 2.75) is 53.1 Å². The van der Waals surface area contributed by atoms with Crippen LogP contribution in [0.2, 0.25) is 0 Å². The van der Waals surface area contributed by atoms with Gasteiger partial charge in [-0.05, 0) is 62.1 Å². The van der Waals surface area contributed by atoms with Crippen LogP contribution in [0.15, 0.2) is 48.9 Å². The van der Waals surface area contributed by atoms with Crippen molar-refractivity contribution < 1.29 is 4.79 Å². The van der Waals surface area contributed by atoms with Gasteiger partial charge in [-0.3, -0.25) is 14.5 Å². The molecule has 3 heterocycles. The number of rotatable bonds is 8. The molecular formula is C25H29N7O. The molecule has 1 aromatic carbocycles. The fourth-order valence-corrected chi connectivity index (χ4v) is 3.70. The highest BCUT2D eigenvalue weighted by Crippen LogP contribution is 2.25. The number of carbonyl (C=O) groups excluding carboxylic acids is 1. The van der Waals surface area contributed by atoms with Gasteiger partial charge in [0, 0.05) is 24.1 Å². The molecule has 8 heteroatoms. The Morgan fingerprint density at radius 1 is 1.12 bits per heavy atom. The smallest absolute Gasteiger partial charge is 0.230 e. The maximum Gasteiger partial charge on any atom is 0.230 e. The zero-order chi connectivity index (χ0) is 23.4. The Bertz CT molecular complexity index is 1260. The number of aromatic nitrogens is 5. The van der Waals surface area contributed by atoms with Crippen LogP contribution >= 0.6 is 0 Å². The zero-order valence-corrected chi connectivity index (χ0v) is 19.5. The van der Waals surface area contributed by atoms with Crippen LogP contribution < -0.4 is 10.6 Å². The van der Waals surface area contributed by atoms with E-state index in [4.69, 9.17) is 0 Å². The number of anilines is 2. The van der Waals surface area contributed by atoms with Crippen molar-refractivity contribution in [3.8, 4) is 0 Å². The van der Waals surface area contributed by atoms with E-state index >= 15 is 0 Å². The Morgan fingerprint density at radius 3 is 2.70 bits per heavy atom. The van der Waals surface area contributed by atoms with Crippen LogP contribution in [0.25, 0.3) is 11.2 Å². The monoisotopic (exact) mass is 443 g/mol. The van der Waals surface area contributed by atoms with E-state index in [1.54, 1.807) is 6.20 Å². The van der Waals surface area contributed by atoms with E-state index in [9.17, 15) is 4.79 Å². The van der Waals surface area contributed by atoms with E-state index in [1.807, 2.05) is 54.3 Å².